The molecule has 3 heterocycles. The van der Waals surface area contributed by atoms with Gasteiger partial charge in [0, 0.05) is 61.3 Å². The fourth-order valence-corrected chi connectivity index (χ4v) is 17.1. The molecule has 0 saturated heterocycles. The topological polar surface area (TPSA) is 97.3 Å². The number of aryl methyl sites for hydroxylation is 7. The standard InChI is InChI=1S/C35H27O4P.C21H13Br2O2P.C21H23O2P/c1-36-28-12-4-22(5-13-28)24-8-16-30-26(20-24)10-18-32-34(30)35-31-17-9-25(23-6-14-29(37-2)15-7-23)21-27(31)11-19-33(35)39-40(3)38-32;1-26-24-18-8-2-12-10-14(22)4-6-16(12)20(18)21-17-7-5-15(23)11-13(17)3-9-19(21)25-26;1-24-22-18-12-10-14-6-2-4-8-16(14)20(18)21-17-9-5-3-7-15(17)11-13-19(21)23-24/h4-21H,1-3H3;2-11H,1H3;10-13H,2-9H2,1H3. The Bertz CT molecular complexity index is 5150. The van der Waals surface area contributed by atoms with Gasteiger partial charge in [0.05, 0.1) is 14.2 Å². The maximum absolute atomic E-state index is 6.37. The number of rotatable bonds is 4. The lowest BCUT2D eigenvalue weighted by Gasteiger charge is -2.20. The minimum absolute atomic E-state index is 0.849. The fraction of sp³-hybridized carbons (Fsp3) is 0.169. The van der Waals surface area contributed by atoms with Gasteiger partial charge in [0.25, 0.3) is 0 Å². The van der Waals surface area contributed by atoms with Crippen LogP contribution in [0.5, 0.6) is 11.5 Å². The highest BCUT2D eigenvalue weighted by Crippen LogP contribution is 2.45. The lowest BCUT2D eigenvalue weighted by Crippen LogP contribution is -2.05. The van der Waals surface area contributed by atoms with Crippen molar-refractivity contribution < 1.29 is 34.7 Å². The molecule has 90 heavy (non-hydrogen) atoms. The van der Waals surface area contributed by atoms with Crippen LogP contribution in [0.25, 0.3) is 131 Å². The molecule has 0 aliphatic heterocycles. The third-order valence-electron chi connectivity index (χ3n) is 17.8. The van der Waals surface area contributed by atoms with E-state index < -0.39 is 24.0 Å². The predicted molar refractivity (Wildman–Crippen MR) is 385 cm³/mol. The van der Waals surface area contributed by atoms with Crippen LogP contribution in [0.3, 0.4) is 0 Å². The summed E-state index contributed by atoms with van der Waals surface area (Å²) in [6.45, 7) is 6.06. The van der Waals surface area contributed by atoms with Crippen LogP contribution in [-0.4, -0.2) is 14.2 Å². The molecule has 2 aliphatic carbocycles. The Balaban J connectivity index is 0.000000118. The second-order valence-corrected chi connectivity index (χ2v) is 28.8. The number of benzene rings is 12. The fourth-order valence-electron chi connectivity index (χ4n) is 13.6. The summed E-state index contributed by atoms with van der Waals surface area (Å²) in [7, 11) is 0.302. The van der Waals surface area contributed by atoms with E-state index in [1.807, 2.05) is 37.6 Å². The van der Waals surface area contributed by atoms with Crippen LogP contribution >= 0.6 is 55.9 Å². The Morgan fingerprint density at radius 2 is 0.589 bits per heavy atom. The minimum Gasteiger partial charge on any atom is -0.497 e. The van der Waals surface area contributed by atoms with Gasteiger partial charge in [0.15, 0.2) is 0 Å². The highest BCUT2D eigenvalue weighted by Gasteiger charge is 2.22. The van der Waals surface area contributed by atoms with Gasteiger partial charge in [-0.25, -0.2) is 0 Å². The quantitative estimate of drug-likeness (QED) is 0.172. The smallest absolute Gasteiger partial charge is 0.213 e. The largest absolute Gasteiger partial charge is 0.497 e. The van der Waals surface area contributed by atoms with Crippen LogP contribution in [0, 0.1) is 0 Å². The normalized spacial score (nSPS) is 12.9. The molecule has 0 saturated carbocycles. The van der Waals surface area contributed by atoms with Crippen molar-refractivity contribution in [3.63, 3.8) is 0 Å². The first-order valence-electron chi connectivity index (χ1n) is 30.5. The Morgan fingerprint density at radius 1 is 0.300 bits per heavy atom. The Kier molecular flexibility index (Phi) is 16.0. The first kappa shape index (κ1) is 58.3. The maximum Gasteiger partial charge on any atom is 0.213 e. The molecule has 0 spiro atoms. The van der Waals surface area contributed by atoms with E-state index in [9.17, 15) is 0 Å². The molecule has 0 fully saturated rings. The van der Waals surface area contributed by atoms with Gasteiger partial charge in [0.2, 0.25) is 24.0 Å². The third kappa shape index (κ3) is 11.1. The molecule has 13 heteroatoms. The summed E-state index contributed by atoms with van der Waals surface area (Å²) >= 11 is 7.15. The van der Waals surface area contributed by atoms with Gasteiger partial charge < -0.3 is 34.7 Å². The van der Waals surface area contributed by atoms with Crippen molar-refractivity contribution in [1.82, 2.24) is 0 Å². The summed E-state index contributed by atoms with van der Waals surface area (Å²) in [6.07, 6.45) is 9.94. The van der Waals surface area contributed by atoms with Crippen molar-refractivity contribution in [2.75, 3.05) is 14.2 Å². The minimum atomic E-state index is -1.12. The van der Waals surface area contributed by atoms with Crippen molar-refractivity contribution in [3.05, 3.63) is 225 Å². The molecule has 3 aromatic heterocycles. The first-order valence-corrected chi connectivity index (χ1v) is 36.9. The molecule has 0 atom stereocenters. The number of fused-ring (bicyclic) bond motifs is 21. The number of ether oxygens (including phenoxy) is 2. The van der Waals surface area contributed by atoms with Crippen LogP contribution in [0.4, 0.5) is 0 Å². The Morgan fingerprint density at radius 3 is 0.933 bits per heavy atom. The Labute approximate surface area is 540 Å². The molecule has 0 N–H and O–H groups in total. The van der Waals surface area contributed by atoms with E-state index in [2.05, 4.69) is 208 Å². The molecular weight excluding hydrogens is 1310 g/mol. The summed E-state index contributed by atoms with van der Waals surface area (Å²) in [5.41, 5.74) is 16.2. The molecule has 448 valence electrons. The van der Waals surface area contributed by atoms with Crippen molar-refractivity contribution in [3.8, 4) is 33.8 Å². The monoisotopic (exact) mass is 1370 g/mol. The van der Waals surface area contributed by atoms with Crippen LogP contribution in [0.15, 0.2) is 228 Å². The molecule has 0 radical (unpaired) electrons. The van der Waals surface area contributed by atoms with Gasteiger partial charge in [0.1, 0.15) is 45.0 Å². The third-order valence-corrected chi connectivity index (χ3v) is 21.5. The van der Waals surface area contributed by atoms with Crippen molar-refractivity contribution in [2.45, 2.75) is 51.4 Å². The molecule has 2 aliphatic rings. The van der Waals surface area contributed by atoms with E-state index in [0.717, 1.165) is 130 Å². The zero-order valence-electron chi connectivity index (χ0n) is 50.5. The molecule has 0 amide bonds. The first-order chi connectivity index (χ1) is 44.0. The van der Waals surface area contributed by atoms with Crippen LogP contribution in [-0.2, 0) is 45.7 Å². The average molecular weight is 1370 g/mol. The van der Waals surface area contributed by atoms with E-state index in [-0.39, 0.29) is 0 Å². The lowest BCUT2D eigenvalue weighted by atomic mass is 9.84. The summed E-state index contributed by atoms with van der Waals surface area (Å²) < 4.78 is 50.4. The van der Waals surface area contributed by atoms with Crippen molar-refractivity contribution in [2.24, 2.45) is 20.0 Å². The average Bonchev–Trinajstić information content (AvgIpc) is 1.36. The van der Waals surface area contributed by atoms with Gasteiger partial charge >= 0.3 is 0 Å². The van der Waals surface area contributed by atoms with Crippen molar-refractivity contribution in [1.29, 1.82) is 0 Å². The lowest BCUT2D eigenvalue weighted by molar-refractivity contribution is 0.415. The highest BCUT2D eigenvalue weighted by molar-refractivity contribution is 9.10. The second-order valence-electron chi connectivity index (χ2n) is 23.2. The van der Waals surface area contributed by atoms with Crippen LogP contribution < -0.4 is 9.47 Å². The van der Waals surface area contributed by atoms with Gasteiger partial charge in [-0.15, -0.1) is 0 Å². The number of hydrogen-bond donors (Lipinski definition) is 0. The van der Waals surface area contributed by atoms with Crippen LogP contribution in [0.1, 0.15) is 47.9 Å². The number of halogens is 2. The zero-order valence-corrected chi connectivity index (χ0v) is 56.4. The second kappa shape index (κ2) is 24.6. The summed E-state index contributed by atoms with van der Waals surface area (Å²) in [4.78, 5) is 0. The van der Waals surface area contributed by atoms with E-state index in [1.54, 1.807) is 14.2 Å². The van der Waals surface area contributed by atoms with Gasteiger partial charge in [-0.1, -0.05) is 129 Å². The summed E-state index contributed by atoms with van der Waals surface area (Å²) in [5.74, 6) is 1.70. The van der Waals surface area contributed by atoms with Gasteiger partial charge in [-0.05, 0) is 236 Å². The zero-order chi connectivity index (χ0) is 61.1. The molecule has 8 nitrogen and oxygen atoms in total. The SMILES string of the molecule is COc1ccc(-c2ccc3c(ccc4op(C)oc5ccc6cc(-c7ccc(OC)cc7)ccc6c5c43)c2)cc1.Cp1oc2ccc3c(c2c2c4c(ccc2o1)CCCC4)CCCC3.Cp1oc2ccc3cc(Br)ccc3c2c2c(ccc3cc(Br)ccc32)o1. The molecule has 0 unspecified atom stereocenters. The number of hydrogen-bond acceptors (Lipinski definition) is 8. The molecule has 0 bridgehead atoms. The van der Waals surface area contributed by atoms with E-state index >= 15 is 0 Å². The maximum atomic E-state index is 6.37. The predicted octanol–water partition coefficient (Wildman–Crippen LogP) is 25.7. The molecule has 12 aromatic carbocycles. The van der Waals surface area contributed by atoms with E-state index in [4.69, 9.17) is 34.7 Å². The molecule has 17 rings (SSSR count). The highest BCUT2D eigenvalue weighted by atomic mass is 79.9. The van der Waals surface area contributed by atoms with E-state index in [1.165, 1.54) is 95.2 Å². The van der Waals surface area contributed by atoms with Crippen molar-refractivity contribution >= 4 is 165 Å². The number of methoxy groups -OCH3 is 2. The molecule has 15 aromatic rings. The molecular formula is C77H63Br2O8P3. The van der Waals surface area contributed by atoms with Crippen LogP contribution in [0.2, 0.25) is 0 Å². The van der Waals surface area contributed by atoms with E-state index in [0.29, 0.717) is 0 Å². The van der Waals surface area contributed by atoms with Gasteiger partial charge in [-0.2, -0.15) is 0 Å². The summed E-state index contributed by atoms with van der Waals surface area (Å²) in [6, 6.07) is 68.0. The Hall–Kier alpha value is -8.06. The summed E-state index contributed by atoms with van der Waals surface area (Å²) in [5, 5.41) is 16.3. The van der Waals surface area contributed by atoms with Gasteiger partial charge in [-0.3, -0.25) is 0 Å².